The van der Waals surface area contributed by atoms with E-state index in [1.165, 1.54) is 0 Å². The molecule has 1 atom stereocenters. The smallest absolute Gasteiger partial charge is 0.200 e. The van der Waals surface area contributed by atoms with Crippen LogP contribution in [-0.4, -0.2) is 0 Å². The average Bonchev–Trinajstić information content (AvgIpc) is 2.91. The monoisotopic (exact) mass is 296 g/mol. The van der Waals surface area contributed by atoms with Crippen LogP contribution in [0.3, 0.4) is 0 Å². The van der Waals surface area contributed by atoms with E-state index in [9.17, 15) is 22.0 Å². The molecule has 0 amide bonds. The Hall–Kier alpha value is -2.17. The number of hydrogen-bond acceptors (Lipinski definition) is 0. The molecule has 0 heterocycles. The van der Waals surface area contributed by atoms with Gasteiger partial charge in [-0.2, -0.15) is 0 Å². The molecule has 3 rings (SSSR count). The van der Waals surface area contributed by atoms with E-state index in [2.05, 4.69) is 0 Å². The Morgan fingerprint density at radius 2 is 1.33 bits per heavy atom. The minimum Gasteiger partial charge on any atom is -0.203 e. The summed E-state index contributed by atoms with van der Waals surface area (Å²) in [5.41, 5.74) is 0.908. The van der Waals surface area contributed by atoms with Crippen molar-refractivity contribution in [2.75, 3.05) is 0 Å². The van der Waals surface area contributed by atoms with E-state index in [0.717, 1.165) is 11.1 Å². The van der Waals surface area contributed by atoms with E-state index in [1.807, 2.05) is 12.1 Å². The molecule has 108 valence electrons. The third-order valence-electron chi connectivity index (χ3n) is 3.63. The topological polar surface area (TPSA) is 0 Å². The van der Waals surface area contributed by atoms with Crippen LogP contribution in [0.1, 0.15) is 22.6 Å². The lowest BCUT2D eigenvalue weighted by atomic mass is 9.93. The molecule has 5 heteroatoms. The highest BCUT2D eigenvalue weighted by molar-refractivity contribution is 5.62. The summed E-state index contributed by atoms with van der Waals surface area (Å²) < 4.78 is 66.8. The molecular formula is C16H9F5. The van der Waals surface area contributed by atoms with Gasteiger partial charge >= 0.3 is 0 Å². The van der Waals surface area contributed by atoms with E-state index in [0.29, 0.717) is 0 Å². The van der Waals surface area contributed by atoms with Crippen molar-refractivity contribution in [3.05, 3.63) is 76.1 Å². The Kier molecular flexibility index (Phi) is 3.27. The van der Waals surface area contributed by atoms with Gasteiger partial charge in [0.1, 0.15) is 0 Å². The first kappa shape index (κ1) is 13.8. The Morgan fingerprint density at radius 3 is 2.00 bits per heavy atom. The highest BCUT2D eigenvalue weighted by Gasteiger charge is 2.28. The number of benzene rings is 2. The lowest BCUT2D eigenvalue weighted by molar-refractivity contribution is 0.369. The van der Waals surface area contributed by atoms with Crippen molar-refractivity contribution in [2.24, 2.45) is 0 Å². The standard InChI is InChI=1S/C16H9F5/c17-12-11(13(18)15(20)16(21)14(12)19)7-9-6-5-8-3-1-2-4-10(8)9/h1-6,9H,7H2/t9-/m1/s1. The molecule has 0 radical (unpaired) electrons. The fourth-order valence-electron chi connectivity index (χ4n) is 2.55. The minimum absolute atomic E-state index is 0.278. The van der Waals surface area contributed by atoms with Crippen LogP contribution in [0.25, 0.3) is 6.08 Å². The first-order valence-electron chi connectivity index (χ1n) is 6.28. The van der Waals surface area contributed by atoms with Crippen LogP contribution in [0.5, 0.6) is 0 Å². The third kappa shape index (κ3) is 2.13. The Balaban J connectivity index is 2.03. The van der Waals surface area contributed by atoms with Gasteiger partial charge in [0, 0.05) is 11.5 Å². The predicted octanol–water partition coefficient (Wildman–Crippen LogP) is 4.74. The second kappa shape index (κ2) is 4.98. The first-order chi connectivity index (χ1) is 10.0. The molecule has 2 aromatic carbocycles. The summed E-state index contributed by atoms with van der Waals surface area (Å²) in [6, 6.07) is 7.16. The van der Waals surface area contributed by atoms with Crippen molar-refractivity contribution in [2.45, 2.75) is 12.3 Å². The van der Waals surface area contributed by atoms with Crippen LogP contribution in [0.15, 0.2) is 30.3 Å². The normalized spacial score (nSPS) is 16.3. The van der Waals surface area contributed by atoms with Gasteiger partial charge in [0.05, 0.1) is 0 Å². The Morgan fingerprint density at radius 1 is 0.762 bits per heavy atom. The predicted molar refractivity (Wildman–Crippen MR) is 68.2 cm³/mol. The summed E-state index contributed by atoms with van der Waals surface area (Å²) in [7, 11) is 0. The Labute approximate surface area is 117 Å². The maximum atomic E-state index is 13.7. The van der Waals surface area contributed by atoms with Crippen LogP contribution >= 0.6 is 0 Å². The number of fused-ring (bicyclic) bond motifs is 1. The number of rotatable bonds is 2. The summed E-state index contributed by atoms with van der Waals surface area (Å²) in [6.07, 6.45) is 3.19. The van der Waals surface area contributed by atoms with E-state index in [4.69, 9.17) is 0 Å². The van der Waals surface area contributed by atoms with Gasteiger partial charge in [0.25, 0.3) is 0 Å². The minimum atomic E-state index is -2.13. The molecule has 0 fully saturated rings. The molecule has 2 aromatic rings. The maximum absolute atomic E-state index is 13.7. The molecule has 0 aromatic heterocycles. The van der Waals surface area contributed by atoms with E-state index < -0.39 is 40.6 Å². The molecule has 0 saturated heterocycles. The van der Waals surface area contributed by atoms with Crippen molar-refractivity contribution in [1.29, 1.82) is 0 Å². The molecule has 1 aliphatic rings. The van der Waals surface area contributed by atoms with Crippen molar-refractivity contribution >= 4 is 6.08 Å². The molecule has 21 heavy (non-hydrogen) atoms. The van der Waals surface area contributed by atoms with Gasteiger partial charge in [0.2, 0.25) is 5.82 Å². The van der Waals surface area contributed by atoms with Crippen LogP contribution in [0.2, 0.25) is 0 Å². The van der Waals surface area contributed by atoms with Gasteiger partial charge < -0.3 is 0 Å². The summed E-state index contributed by atoms with van der Waals surface area (Å²) in [5.74, 6) is -9.86. The highest BCUT2D eigenvalue weighted by atomic mass is 19.2. The van der Waals surface area contributed by atoms with Crippen molar-refractivity contribution in [1.82, 2.24) is 0 Å². The van der Waals surface area contributed by atoms with Crippen molar-refractivity contribution in [3.8, 4) is 0 Å². The van der Waals surface area contributed by atoms with E-state index in [-0.39, 0.29) is 6.42 Å². The van der Waals surface area contributed by atoms with Crippen LogP contribution in [-0.2, 0) is 6.42 Å². The lowest BCUT2D eigenvalue weighted by Crippen LogP contribution is -2.10. The second-order valence-electron chi connectivity index (χ2n) is 4.85. The molecule has 0 N–H and O–H groups in total. The molecule has 0 spiro atoms. The quantitative estimate of drug-likeness (QED) is 0.427. The molecule has 0 saturated carbocycles. The largest absolute Gasteiger partial charge is 0.203 e. The lowest BCUT2D eigenvalue weighted by Gasteiger charge is -2.13. The zero-order valence-electron chi connectivity index (χ0n) is 10.6. The van der Waals surface area contributed by atoms with Gasteiger partial charge in [-0.05, 0) is 17.5 Å². The molecule has 0 bridgehead atoms. The number of hydrogen-bond donors (Lipinski definition) is 0. The fraction of sp³-hybridized carbons (Fsp3) is 0.125. The maximum Gasteiger partial charge on any atom is 0.200 e. The van der Waals surface area contributed by atoms with E-state index >= 15 is 0 Å². The van der Waals surface area contributed by atoms with Gasteiger partial charge in [0.15, 0.2) is 23.3 Å². The number of halogens is 5. The zero-order valence-corrected chi connectivity index (χ0v) is 10.6. The zero-order chi connectivity index (χ0) is 15.1. The van der Waals surface area contributed by atoms with Crippen LogP contribution < -0.4 is 0 Å². The summed E-state index contributed by atoms with van der Waals surface area (Å²) in [6.45, 7) is 0. The van der Waals surface area contributed by atoms with Gasteiger partial charge in [-0.1, -0.05) is 36.4 Å². The molecule has 0 unspecified atom stereocenters. The van der Waals surface area contributed by atoms with Gasteiger partial charge in [-0.15, -0.1) is 0 Å². The van der Waals surface area contributed by atoms with Gasteiger partial charge in [-0.3, -0.25) is 0 Å². The van der Waals surface area contributed by atoms with Gasteiger partial charge in [-0.25, -0.2) is 22.0 Å². The molecule has 0 aliphatic heterocycles. The third-order valence-corrected chi connectivity index (χ3v) is 3.63. The summed E-state index contributed by atoms with van der Waals surface area (Å²) in [5, 5.41) is 0. The fourth-order valence-corrected chi connectivity index (χ4v) is 2.55. The second-order valence-corrected chi connectivity index (χ2v) is 4.85. The average molecular weight is 296 g/mol. The van der Waals surface area contributed by atoms with Crippen LogP contribution in [0, 0.1) is 29.1 Å². The SMILES string of the molecule is Fc1c(F)c(F)c(C[C@H]2C=Cc3ccccc32)c(F)c1F. The molecule has 0 nitrogen and oxygen atoms in total. The summed E-state index contributed by atoms with van der Waals surface area (Å²) in [4.78, 5) is 0. The van der Waals surface area contributed by atoms with Crippen molar-refractivity contribution in [3.63, 3.8) is 0 Å². The number of allylic oxidation sites excluding steroid dienone is 1. The summed E-state index contributed by atoms with van der Waals surface area (Å²) >= 11 is 0. The molecular weight excluding hydrogens is 287 g/mol. The first-order valence-corrected chi connectivity index (χ1v) is 6.28. The Bertz CT molecular complexity index is 720. The highest BCUT2D eigenvalue weighted by Crippen LogP contribution is 2.34. The molecule has 1 aliphatic carbocycles. The van der Waals surface area contributed by atoms with E-state index in [1.54, 1.807) is 24.3 Å². The van der Waals surface area contributed by atoms with Crippen LogP contribution in [0.4, 0.5) is 22.0 Å². The van der Waals surface area contributed by atoms with Crippen molar-refractivity contribution < 1.29 is 22.0 Å².